The maximum atomic E-state index is 12.3. The highest BCUT2D eigenvalue weighted by Gasteiger charge is 2.21. The summed E-state index contributed by atoms with van der Waals surface area (Å²) in [7, 11) is 0. The standard InChI is InChI=1S/C16H18N6O2S/c1-9-6-5-7-10(2)14(9)22-16(18-20-21-22)25-12(4)15(23)17-13-8-11(3)24-19-13/h5-8,12H,1-4H3,(H,17,19,23). The summed E-state index contributed by atoms with van der Waals surface area (Å²) in [5.74, 6) is 0.827. The van der Waals surface area contributed by atoms with Crippen molar-refractivity contribution in [2.75, 3.05) is 5.32 Å². The molecular weight excluding hydrogens is 340 g/mol. The van der Waals surface area contributed by atoms with Crippen molar-refractivity contribution in [1.82, 2.24) is 25.4 Å². The molecule has 25 heavy (non-hydrogen) atoms. The summed E-state index contributed by atoms with van der Waals surface area (Å²) in [6, 6.07) is 7.65. The number of nitrogens with one attached hydrogen (secondary N) is 1. The Labute approximate surface area is 149 Å². The van der Waals surface area contributed by atoms with Crippen LogP contribution in [0.2, 0.25) is 0 Å². The number of anilines is 1. The molecular formula is C16H18N6O2S. The van der Waals surface area contributed by atoms with E-state index in [9.17, 15) is 4.79 Å². The van der Waals surface area contributed by atoms with Gasteiger partial charge in [0.2, 0.25) is 11.1 Å². The average molecular weight is 358 g/mol. The van der Waals surface area contributed by atoms with E-state index in [1.165, 1.54) is 11.8 Å². The molecule has 0 aliphatic heterocycles. The first-order valence-electron chi connectivity index (χ1n) is 7.71. The maximum Gasteiger partial charge on any atom is 0.238 e. The normalized spacial score (nSPS) is 12.2. The minimum atomic E-state index is -0.411. The smallest absolute Gasteiger partial charge is 0.238 e. The van der Waals surface area contributed by atoms with Gasteiger partial charge in [0.25, 0.3) is 0 Å². The number of benzene rings is 1. The zero-order chi connectivity index (χ0) is 18.0. The van der Waals surface area contributed by atoms with Crippen LogP contribution in [0.3, 0.4) is 0 Å². The SMILES string of the molecule is Cc1cc(NC(=O)C(C)Sc2nnnn2-c2c(C)cccc2C)no1. The number of tetrazole rings is 1. The van der Waals surface area contributed by atoms with Crippen molar-refractivity contribution in [2.45, 2.75) is 38.1 Å². The highest BCUT2D eigenvalue weighted by Crippen LogP contribution is 2.26. The first-order chi connectivity index (χ1) is 12.0. The van der Waals surface area contributed by atoms with Crippen LogP contribution in [0, 0.1) is 20.8 Å². The summed E-state index contributed by atoms with van der Waals surface area (Å²) in [4.78, 5) is 12.3. The van der Waals surface area contributed by atoms with Crippen molar-refractivity contribution in [2.24, 2.45) is 0 Å². The number of hydrogen-bond donors (Lipinski definition) is 1. The number of nitrogens with zero attached hydrogens (tertiary/aromatic N) is 5. The molecule has 130 valence electrons. The maximum absolute atomic E-state index is 12.3. The Morgan fingerprint density at radius 2 is 2.00 bits per heavy atom. The predicted octanol–water partition coefficient (Wildman–Crippen LogP) is 2.69. The van der Waals surface area contributed by atoms with Crippen LogP contribution in [0.25, 0.3) is 5.69 Å². The lowest BCUT2D eigenvalue weighted by molar-refractivity contribution is -0.115. The lowest BCUT2D eigenvalue weighted by Crippen LogP contribution is -2.23. The Morgan fingerprint density at radius 3 is 2.64 bits per heavy atom. The lowest BCUT2D eigenvalue weighted by atomic mass is 10.1. The number of para-hydroxylation sites is 1. The van der Waals surface area contributed by atoms with Crippen molar-refractivity contribution in [1.29, 1.82) is 0 Å². The van der Waals surface area contributed by atoms with E-state index in [1.54, 1.807) is 24.6 Å². The molecule has 1 amide bonds. The van der Waals surface area contributed by atoms with Gasteiger partial charge in [-0.15, -0.1) is 5.10 Å². The van der Waals surface area contributed by atoms with Gasteiger partial charge in [-0.25, -0.2) is 0 Å². The summed E-state index contributed by atoms with van der Waals surface area (Å²) >= 11 is 1.28. The average Bonchev–Trinajstić information content (AvgIpc) is 3.16. The second kappa shape index (κ2) is 7.06. The molecule has 1 atom stereocenters. The van der Waals surface area contributed by atoms with Gasteiger partial charge in [-0.05, 0) is 49.2 Å². The molecule has 0 saturated carbocycles. The fourth-order valence-corrected chi connectivity index (χ4v) is 3.19. The molecule has 2 heterocycles. The molecule has 0 radical (unpaired) electrons. The van der Waals surface area contributed by atoms with Crippen molar-refractivity contribution in [3.8, 4) is 5.69 Å². The summed E-state index contributed by atoms with van der Waals surface area (Å²) < 4.78 is 6.61. The van der Waals surface area contributed by atoms with Crippen LogP contribution in [0.4, 0.5) is 5.82 Å². The van der Waals surface area contributed by atoms with Gasteiger partial charge < -0.3 is 9.84 Å². The van der Waals surface area contributed by atoms with Crippen LogP contribution < -0.4 is 5.32 Å². The number of aryl methyl sites for hydroxylation is 3. The number of hydrogen-bond acceptors (Lipinski definition) is 7. The van der Waals surface area contributed by atoms with Gasteiger partial charge >= 0.3 is 0 Å². The molecule has 8 nitrogen and oxygen atoms in total. The molecule has 0 bridgehead atoms. The number of rotatable bonds is 5. The molecule has 1 unspecified atom stereocenters. The third-order valence-electron chi connectivity index (χ3n) is 3.62. The summed E-state index contributed by atoms with van der Waals surface area (Å²) in [6.07, 6.45) is 0. The number of amides is 1. The van der Waals surface area contributed by atoms with Crippen LogP contribution in [-0.2, 0) is 4.79 Å². The minimum absolute atomic E-state index is 0.200. The van der Waals surface area contributed by atoms with E-state index in [4.69, 9.17) is 4.52 Å². The molecule has 1 N–H and O–H groups in total. The number of carbonyl (C=O) groups is 1. The Morgan fingerprint density at radius 1 is 1.28 bits per heavy atom. The van der Waals surface area contributed by atoms with Crippen molar-refractivity contribution in [3.05, 3.63) is 41.2 Å². The quantitative estimate of drug-likeness (QED) is 0.700. The number of thioether (sulfide) groups is 1. The molecule has 0 spiro atoms. The fraction of sp³-hybridized carbons (Fsp3) is 0.312. The van der Waals surface area contributed by atoms with Gasteiger partial charge in [-0.3, -0.25) is 4.79 Å². The van der Waals surface area contributed by atoms with E-state index in [1.807, 2.05) is 32.0 Å². The van der Waals surface area contributed by atoms with Crippen molar-refractivity contribution >= 4 is 23.5 Å². The highest BCUT2D eigenvalue weighted by atomic mass is 32.2. The Bertz CT molecular complexity index is 883. The molecule has 0 saturated heterocycles. The van der Waals surface area contributed by atoms with E-state index >= 15 is 0 Å². The molecule has 1 aromatic carbocycles. The van der Waals surface area contributed by atoms with Gasteiger partial charge in [0.15, 0.2) is 5.82 Å². The lowest BCUT2D eigenvalue weighted by Gasteiger charge is -2.13. The first-order valence-corrected chi connectivity index (χ1v) is 8.59. The van der Waals surface area contributed by atoms with E-state index in [-0.39, 0.29) is 5.91 Å². The van der Waals surface area contributed by atoms with Crippen LogP contribution in [0.1, 0.15) is 23.8 Å². The third-order valence-corrected chi connectivity index (χ3v) is 4.66. The van der Waals surface area contributed by atoms with Crippen molar-refractivity contribution in [3.63, 3.8) is 0 Å². The van der Waals surface area contributed by atoms with E-state index in [2.05, 4.69) is 26.0 Å². The second-order valence-corrected chi connectivity index (χ2v) is 6.99. The molecule has 2 aromatic heterocycles. The zero-order valence-corrected chi connectivity index (χ0v) is 15.2. The Kier molecular flexibility index (Phi) is 4.84. The van der Waals surface area contributed by atoms with Gasteiger partial charge in [0, 0.05) is 6.07 Å². The van der Waals surface area contributed by atoms with Crippen LogP contribution in [-0.4, -0.2) is 36.5 Å². The van der Waals surface area contributed by atoms with Crippen LogP contribution in [0.5, 0.6) is 0 Å². The van der Waals surface area contributed by atoms with Crippen molar-refractivity contribution < 1.29 is 9.32 Å². The second-order valence-electron chi connectivity index (χ2n) is 5.69. The Hall–Kier alpha value is -2.68. The number of carbonyl (C=O) groups excluding carboxylic acids is 1. The minimum Gasteiger partial charge on any atom is -0.360 e. The van der Waals surface area contributed by atoms with E-state index in [0.717, 1.165) is 16.8 Å². The fourth-order valence-electron chi connectivity index (χ4n) is 2.40. The summed E-state index contributed by atoms with van der Waals surface area (Å²) in [5, 5.41) is 18.5. The van der Waals surface area contributed by atoms with E-state index < -0.39 is 5.25 Å². The van der Waals surface area contributed by atoms with Gasteiger partial charge in [-0.1, -0.05) is 35.1 Å². The van der Waals surface area contributed by atoms with Gasteiger partial charge in [-0.2, -0.15) is 4.68 Å². The predicted molar refractivity (Wildman–Crippen MR) is 93.8 cm³/mol. The molecule has 0 fully saturated rings. The first kappa shape index (κ1) is 17.2. The molecule has 0 aliphatic rings. The molecule has 3 aromatic rings. The zero-order valence-electron chi connectivity index (χ0n) is 14.3. The largest absolute Gasteiger partial charge is 0.360 e. The summed E-state index contributed by atoms with van der Waals surface area (Å²) in [5.41, 5.74) is 3.04. The Balaban J connectivity index is 1.78. The van der Waals surface area contributed by atoms with Gasteiger partial charge in [0.05, 0.1) is 10.9 Å². The van der Waals surface area contributed by atoms with Crippen LogP contribution in [0.15, 0.2) is 33.9 Å². The van der Waals surface area contributed by atoms with Gasteiger partial charge in [0.1, 0.15) is 5.76 Å². The van der Waals surface area contributed by atoms with E-state index in [0.29, 0.717) is 16.7 Å². The molecule has 9 heteroatoms. The third kappa shape index (κ3) is 3.71. The monoisotopic (exact) mass is 358 g/mol. The number of aromatic nitrogens is 5. The molecule has 0 aliphatic carbocycles. The summed E-state index contributed by atoms with van der Waals surface area (Å²) in [6.45, 7) is 7.55. The van der Waals surface area contributed by atoms with Crippen LogP contribution >= 0.6 is 11.8 Å². The molecule has 3 rings (SSSR count). The highest BCUT2D eigenvalue weighted by molar-refractivity contribution is 8.00. The topological polar surface area (TPSA) is 98.7 Å².